The summed E-state index contributed by atoms with van der Waals surface area (Å²) < 4.78 is 1.33. The van der Waals surface area contributed by atoms with Crippen LogP contribution in [0.25, 0.3) is 5.78 Å². The second kappa shape index (κ2) is 2.72. The monoisotopic (exact) mass is 176 g/mol. The molecule has 2 heterocycles. The van der Waals surface area contributed by atoms with E-state index in [4.69, 9.17) is 0 Å². The van der Waals surface area contributed by atoms with Gasteiger partial charge < -0.3 is 5.11 Å². The maximum Gasteiger partial charge on any atom is 0.255 e. The van der Waals surface area contributed by atoms with Crippen LogP contribution in [-0.2, 0) is 6.42 Å². The first-order valence-electron chi connectivity index (χ1n) is 4.12. The number of hydrogen-bond donors (Lipinski definition) is 1. The minimum atomic E-state index is 0.124. The highest BCUT2D eigenvalue weighted by atomic mass is 16.3. The summed E-state index contributed by atoms with van der Waals surface area (Å²) in [5, 5.41) is 13.5. The van der Waals surface area contributed by atoms with Gasteiger partial charge in [0.2, 0.25) is 5.88 Å². The van der Waals surface area contributed by atoms with Crippen molar-refractivity contribution in [2.24, 2.45) is 0 Å². The molecule has 0 aromatic carbocycles. The lowest BCUT2D eigenvalue weighted by molar-refractivity contribution is 0.439. The van der Waals surface area contributed by atoms with Crippen LogP contribution in [0.5, 0.6) is 5.88 Å². The van der Waals surface area contributed by atoms with Crippen LogP contribution in [0.1, 0.15) is 12.6 Å². The Morgan fingerprint density at radius 3 is 3.08 bits per heavy atom. The largest absolute Gasteiger partial charge is 0.494 e. The molecule has 0 saturated carbocycles. The number of aromatic nitrogens is 4. The van der Waals surface area contributed by atoms with Crippen LogP contribution in [0.4, 0.5) is 0 Å². The molecule has 2 aromatic heterocycles. The van der Waals surface area contributed by atoms with Crippen LogP contribution in [0.2, 0.25) is 0 Å². The molecule has 0 aliphatic heterocycles. The Kier molecular flexibility index (Phi) is 1.68. The Balaban J connectivity index is 2.83. The van der Waals surface area contributed by atoms with Crippen LogP contribution in [-0.4, -0.2) is 32.5 Å². The fourth-order valence-electron chi connectivity index (χ4n) is 1.30. The summed E-state index contributed by atoms with van der Waals surface area (Å²) in [6.45, 7) is 1.99. The molecule has 13 heavy (non-hydrogen) atoms. The molecule has 0 spiro atoms. The summed E-state index contributed by atoms with van der Waals surface area (Å²) in [4.78, 5) is 8.15. The third-order valence-corrected chi connectivity index (χ3v) is 2.07. The number of aryl methyl sites for hydroxylation is 1. The number of aromatic hydroxyl groups is 1. The molecule has 6 heteroatoms. The molecule has 0 atom stereocenters. The minimum absolute atomic E-state index is 0.124. The van der Waals surface area contributed by atoms with Gasteiger partial charge in [-0.2, -0.15) is 14.6 Å². The van der Waals surface area contributed by atoms with E-state index in [1.165, 1.54) is 10.8 Å². The number of nitrogens with zero attached hydrogens (tertiary/aromatic N) is 4. The summed E-state index contributed by atoms with van der Waals surface area (Å²) in [7, 11) is 1.82. The number of rotatable bonds is 1. The number of hydrogen-bond acceptors (Lipinski definition) is 4. The molecule has 5 nitrogen and oxygen atoms in total. The van der Waals surface area contributed by atoms with Crippen LogP contribution < -0.4 is 5.46 Å². The van der Waals surface area contributed by atoms with Crippen molar-refractivity contribution in [1.29, 1.82) is 0 Å². The van der Waals surface area contributed by atoms with Gasteiger partial charge in [0.1, 0.15) is 14.2 Å². The first-order valence-corrected chi connectivity index (χ1v) is 4.12. The molecule has 0 bridgehead atoms. The Morgan fingerprint density at radius 1 is 1.62 bits per heavy atom. The van der Waals surface area contributed by atoms with Crippen LogP contribution in [0, 0.1) is 0 Å². The van der Waals surface area contributed by atoms with E-state index in [0.717, 1.165) is 17.6 Å². The van der Waals surface area contributed by atoms with Gasteiger partial charge in [-0.05, 0) is 11.9 Å². The first kappa shape index (κ1) is 8.03. The molecule has 66 valence electrons. The van der Waals surface area contributed by atoms with Gasteiger partial charge in [0, 0.05) is 5.69 Å². The highest BCUT2D eigenvalue weighted by Gasteiger charge is 2.09. The van der Waals surface area contributed by atoms with Crippen LogP contribution in [0.3, 0.4) is 0 Å². The van der Waals surface area contributed by atoms with Crippen molar-refractivity contribution in [3.8, 4) is 5.88 Å². The van der Waals surface area contributed by atoms with Crippen molar-refractivity contribution < 1.29 is 5.11 Å². The van der Waals surface area contributed by atoms with Gasteiger partial charge in [0.15, 0.2) is 0 Å². The quantitative estimate of drug-likeness (QED) is 0.545. The van der Waals surface area contributed by atoms with E-state index < -0.39 is 0 Å². The van der Waals surface area contributed by atoms with E-state index in [2.05, 4.69) is 15.1 Å². The molecule has 0 radical (unpaired) electrons. The zero-order valence-corrected chi connectivity index (χ0v) is 7.52. The Morgan fingerprint density at radius 2 is 2.38 bits per heavy atom. The number of fused-ring (bicyclic) bond motifs is 1. The average Bonchev–Trinajstić information content (AvgIpc) is 2.59. The minimum Gasteiger partial charge on any atom is -0.494 e. The topological polar surface area (TPSA) is 63.3 Å². The zero-order chi connectivity index (χ0) is 9.42. The maximum absolute atomic E-state index is 9.68. The van der Waals surface area contributed by atoms with Crippen molar-refractivity contribution in [2.75, 3.05) is 0 Å². The lowest BCUT2D eigenvalue weighted by atomic mass is 9.94. The molecule has 0 aliphatic carbocycles. The molecule has 0 aliphatic rings. The molecule has 1 N–H and O–H groups in total. The highest BCUT2D eigenvalue weighted by molar-refractivity contribution is 6.34. The van der Waals surface area contributed by atoms with Crippen LogP contribution >= 0.6 is 0 Å². The van der Waals surface area contributed by atoms with E-state index in [1.54, 1.807) is 0 Å². The predicted octanol–water partition coefficient (Wildman–Crippen LogP) is -1.35. The van der Waals surface area contributed by atoms with Gasteiger partial charge in [-0.1, -0.05) is 6.92 Å². The second-order valence-corrected chi connectivity index (χ2v) is 2.83. The highest BCUT2D eigenvalue weighted by Crippen LogP contribution is 2.07. The van der Waals surface area contributed by atoms with E-state index in [-0.39, 0.29) is 5.88 Å². The fraction of sp³-hybridized carbons (Fsp3) is 0.286. The second-order valence-electron chi connectivity index (χ2n) is 2.83. The van der Waals surface area contributed by atoms with Crippen molar-refractivity contribution >= 4 is 19.1 Å². The smallest absolute Gasteiger partial charge is 0.255 e. The summed E-state index contributed by atoms with van der Waals surface area (Å²) >= 11 is 0. The Labute approximate surface area is 75.9 Å². The Hall–Kier alpha value is -1.59. The van der Waals surface area contributed by atoms with E-state index in [0.29, 0.717) is 5.78 Å². The summed E-state index contributed by atoms with van der Waals surface area (Å²) in [6.07, 6.45) is 2.16. The summed E-state index contributed by atoms with van der Waals surface area (Å²) in [5.41, 5.74) is 1.62. The van der Waals surface area contributed by atoms with Gasteiger partial charge >= 0.3 is 0 Å². The molecule has 2 aromatic rings. The first-order chi connectivity index (χ1) is 6.24. The van der Waals surface area contributed by atoms with Gasteiger partial charge in [-0.25, -0.2) is 4.98 Å². The predicted molar refractivity (Wildman–Crippen MR) is 50.0 cm³/mol. The standard InChI is InChI=1S/C7H9BN4O/c1-2-4-5(8)6(13)12-7(11-4)9-3-10-12/h3,13H,2,8H2,1H3. The van der Waals surface area contributed by atoms with Gasteiger partial charge in [-0.15, -0.1) is 0 Å². The fourth-order valence-corrected chi connectivity index (χ4v) is 1.30. The maximum atomic E-state index is 9.68. The molecule has 0 amide bonds. The summed E-state index contributed by atoms with van der Waals surface area (Å²) in [5.74, 6) is 0.569. The van der Waals surface area contributed by atoms with Gasteiger partial charge in [0.05, 0.1) is 0 Å². The molecular formula is C7H9BN4O. The van der Waals surface area contributed by atoms with Gasteiger partial charge in [0.25, 0.3) is 5.78 Å². The van der Waals surface area contributed by atoms with Crippen LogP contribution in [0.15, 0.2) is 6.33 Å². The van der Waals surface area contributed by atoms with E-state index in [9.17, 15) is 5.11 Å². The molecule has 0 saturated heterocycles. The molecular weight excluding hydrogens is 167 g/mol. The Bertz CT molecular complexity index is 453. The molecule has 0 fully saturated rings. The zero-order valence-electron chi connectivity index (χ0n) is 7.52. The molecule has 0 unspecified atom stereocenters. The third kappa shape index (κ3) is 1.06. The van der Waals surface area contributed by atoms with E-state index in [1.807, 2.05) is 14.8 Å². The summed E-state index contributed by atoms with van der Waals surface area (Å²) in [6, 6.07) is 0. The average molecular weight is 176 g/mol. The SMILES string of the molecule is Bc1c(CC)nc2ncnn2c1O. The van der Waals surface area contributed by atoms with Crippen molar-refractivity contribution in [3.63, 3.8) is 0 Å². The van der Waals surface area contributed by atoms with Crippen molar-refractivity contribution in [1.82, 2.24) is 19.6 Å². The van der Waals surface area contributed by atoms with E-state index >= 15 is 0 Å². The molecule has 2 rings (SSSR count). The lowest BCUT2D eigenvalue weighted by Crippen LogP contribution is -2.16. The van der Waals surface area contributed by atoms with Crippen molar-refractivity contribution in [3.05, 3.63) is 12.0 Å². The normalized spacial score (nSPS) is 10.8. The van der Waals surface area contributed by atoms with Gasteiger partial charge in [-0.3, -0.25) is 0 Å². The van der Waals surface area contributed by atoms with Crippen molar-refractivity contribution in [2.45, 2.75) is 13.3 Å². The lowest BCUT2D eigenvalue weighted by Gasteiger charge is -2.05. The third-order valence-electron chi connectivity index (χ3n) is 2.07.